The number of carboxylic acid groups (broad SMARTS) is 1. The van der Waals surface area contributed by atoms with Crippen molar-refractivity contribution >= 4 is 42.2 Å². The Labute approximate surface area is 198 Å². The zero-order valence-corrected chi connectivity index (χ0v) is 19.8. The summed E-state index contributed by atoms with van der Waals surface area (Å²) < 4.78 is 0. The molecule has 14 heteroatoms. The molecule has 4 atom stereocenters. The molecular weight excluding hydrogens is 456 g/mol. The van der Waals surface area contributed by atoms with Gasteiger partial charge >= 0.3 is 5.97 Å². The maximum atomic E-state index is 12.7. The topological polar surface area (TPSA) is 226 Å². The summed E-state index contributed by atoms with van der Waals surface area (Å²) in [5, 5.41) is 28.1. The molecule has 0 aliphatic carbocycles. The smallest absolute Gasteiger partial charge is 0.326 e. The van der Waals surface area contributed by atoms with E-state index in [1.807, 2.05) is 0 Å². The van der Waals surface area contributed by atoms with Gasteiger partial charge in [-0.05, 0) is 31.7 Å². The molecule has 0 saturated carbocycles. The third kappa shape index (κ3) is 11.3. The maximum absolute atomic E-state index is 12.7. The highest BCUT2D eigenvalue weighted by molar-refractivity contribution is 7.80. The summed E-state index contributed by atoms with van der Waals surface area (Å²) in [6, 6.07) is -4.75. The molecule has 0 spiro atoms. The molecule has 0 aromatic carbocycles. The molecular formula is C19H36N6O7S. The molecule has 0 saturated heterocycles. The maximum Gasteiger partial charge on any atom is 0.326 e. The number of aliphatic hydroxyl groups excluding tert-OH is 1. The van der Waals surface area contributed by atoms with E-state index in [1.54, 1.807) is 13.8 Å². The number of carboxylic acids is 1. The van der Waals surface area contributed by atoms with E-state index in [0.717, 1.165) is 0 Å². The lowest BCUT2D eigenvalue weighted by atomic mass is 10.0. The number of carbonyl (C=O) groups is 5. The molecule has 0 fully saturated rings. The molecule has 0 radical (unpaired) electrons. The third-order valence-electron chi connectivity index (χ3n) is 4.65. The van der Waals surface area contributed by atoms with Crippen molar-refractivity contribution in [1.82, 2.24) is 21.3 Å². The van der Waals surface area contributed by atoms with Crippen molar-refractivity contribution in [2.45, 2.75) is 57.3 Å². The Balaban J connectivity index is 5.35. The summed E-state index contributed by atoms with van der Waals surface area (Å²) in [7, 11) is 0. The average molecular weight is 493 g/mol. The van der Waals surface area contributed by atoms with Crippen LogP contribution in [0.4, 0.5) is 0 Å². The summed E-state index contributed by atoms with van der Waals surface area (Å²) in [6.07, 6.45) is 1.26. The first-order valence-electron chi connectivity index (χ1n) is 10.6. The summed E-state index contributed by atoms with van der Waals surface area (Å²) in [6.45, 7) is 2.52. The number of thiol groups is 1. The molecule has 33 heavy (non-hydrogen) atoms. The second-order valence-electron chi connectivity index (χ2n) is 7.66. The molecule has 0 aliphatic rings. The minimum atomic E-state index is -1.33. The third-order valence-corrected chi connectivity index (χ3v) is 5.01. The van der Waals surface area contributed by atoms with Gasteiger partial charge in [0.25, 0.3) is 0 Å². The lowest BCUT2D eigenvalue weighted by Crippen LogP contribution is -2.59. The van der Waals surface area contributed by atoms with E-state index in [4.69, 9.17) is 11.5 Å². The van der Waals surface area contributed by atoms with Gasteiger partial charge in [-0.25, -0.2) is 4.79 Å². The van der Waals surface area contributed by atoms with Crippen LogP contribution in [0.15, 0.2) is 0 Å². The standard InChI is InChI=1S/C19H36N6O7S/c1-10(2)15(19(31)32)25-16(28)11(5-3-4-6-20)23-18(30)13(9-33)24-17(29)12(8-26)22-14(27)7-21/h10-13,15,26,33H,3-9,20-21H2,1-2H3,(H,22,27)(H,23,30)(H,24,29)(H,25,28)(H,31,32). The Bertz CT molecular complexity index is 679. The number of hydrogen-bond acceptors (Lipinski definition) is 9. The van der Waals surface area contributed by atoms with E-state index in [9.17, 15) is 34.2 Å². The molecule has 190 valence electrons. The van der Waals surface area contributed by atoms with Gasteiger partial charge in [-0.1, -0.05) is 13.8 Å². The summed E-state index contributed by atoms with van der Waals surface area (Å²) >= 11 is 4.04. The second-order valence-corrected chi connectivity index (χ2v) is 8.03. The number of nitrogens with one attached hydrogen (secondary N) is 4. The molecule has 0 aromatic heterocycles. The number of aliphatic carboxylic acids is 1. The fraction of sp³-hybridized carbons (Fsp3) is 0.737. The van der Waals surface area contributed by atoms with Crippen LogP contribution in [-0.4, -0.2) is 89.4 Å². The van der Waals surface area contributed by atoms with Gasteiger partial charge in [0.2, 0.25) is 23.6 Å². The van der Waals surface area contributed by atoms with Crippen LogP contribution in [0.25, 0.3) is 0 Å². The molecule has 10 N–H and O–H groups in total. The summed E-state index contributed by atoms with van der Waals surface area (Å²) in [5.41, 5.74) is 10.7. The lowest BCUT2D eigenvalue weighted by Gasteiger charge is -2.26. The van der Waals surface area contributed by atoms with Crippen molar-refractivity contribution < 1.29 is 34.2 Å². The Hall–Kier alpha value is -2.42. The molecule has 0 bridgehead atoms. The number of aliphatic hydroxyl groups is 1. The van der Waals surface area contributed by atoms with E-state index >= 15 is 0 Å². The number of hydrogen-bond donors (Lipinski definition) is 9. The predicted molar refractivity (Wildman–Crippen MR) is 123 cm³/mol. The predicted octanol–water partition coefficient (Wildman–Crippen LogP) is -3.32. The Kier molecular flexibility index (Phi) is 15.0. The molecule has 0 heterocycles. The largest absolute Gasteiger partial charge is 0.480 e. The molecule has 4 amide bonds. The first-order valence-corrected chi connectivity index (χ1v) is 11.2. The molecule has 0 aromatic rings. The first-order chi connectivity index (χ1) is 15.5. The number of nitrogens with two attached hydrogens (primary N) is 2. The normalized spacial score (nSPS) is 14.5. The zero-order valence-electron chi connectivity index (χ0n) is 18.9. The first kappa shape index (κ1) is 30.6. The van der Waals surface area contributed by atoms with Crippen molar-refractivity contribution in [3.63, 3.8) is 0 Å². The quantitative estimate of drug-likeness (QED) is 0.0774. The van der Waals surface area contributed by atoms with E-state index < -0.39 is 72.8 Å². The van der Waals surface area contributed by atoms with Gasteiger partial charge in [-0.3, -0.25) is 19.2 Å². The minimum Gasteiger partial charge on any atom is -0.480 e. The number of amides is 4. The number of rotatable bonds is 16. The monoisotopic (exact) mass is 492 g/mol. The van der Waals surface area contributed by atoms with Crippen LogP contribution in [-0.2, 0) is 24.0 Å². The van der Waals surface area contributed by atoms with Gasteiger partial charge in [0, 0.05) is 5.75 Å². The van der Waals surface area contributed by atoms with Crippen molar-refractivity contribution in [3.8, 4) is 0 Å². The Morgan fingerprint density at radius 1 is 0.848 bits per heavy atom. The number of carbonyl (C=O) groups excluding carboxylic acids is 4. The van der Waals surface area contributed by atoms with E-state index in [-0.39, 0.29) is 12.2 Å². The van der Waals surface area contributed by atoms with Gasteiger partial charge in [0.15, 0.2) is 0 Å². The SMILES string of the molecule is CC(C)C(NC(=O)C(CCCCN)NC(=O)C(CS)NC(=O)C(CO)NC(=O)CN)C(=O)O. The second kappa shape index (κ2) is 16.2. The van der Waals surface area contributed by atoms with Gasteiger partial charge in [-0.2, -0.15) is 12.6 Å². The Morgan fingerprint density at radius 2 is 1.39 bits per heavy atom. The fourth-order valence-corrected chi connectivity index (χ4v) is 2.97. The zero-order chi connectivity index (χ0) is 25.6. The highest BCUT2D eigenvalue weighted by atomic mass is 32.1. The van der Waals surface area contributed by atoms with Gasteiger partial charge in [0.1, 0.15) is 24.2 Å². The van der Waals surface area contributed by atoms with Crippen LogP contribution < -0.4 is 32.7 Å². The number of unbranched alkanes of at least 4 members (excludes halogenated alkanes) is 1. The van der Waals surface area contributed by atoms with Gasteiger partial charge in [0.05, 0.1) is 13.2 Å². The fourth-order valence-electron chi connectivity index (χ4n) is 2.72. The van der Waals surface area contributed by atoms with Crippen LogP contribution in [0.5, 0.6) is 0 Å². The van der Waals surface area contributed by atoms with E-state index in [2.05, 4.69) is 33.9 Å². The summed E-state index contributed by atoms with van der Waals surface area (Å²) in [5.74, 6) is -4.70. The van der Waals surface area contributed by atoms with Crippen LogP contribution >= 0.6 is 12.6 Å². The van der Waals surface area contributed by atoms with E-state index in [1.165, 1.54) is 0 Å². The lowest BCUT2D eigenvalue weighted by molar-refractivity contribution is -0.143. The van der Waals surface area contributed by atoms with Gasteiger partial charge < -0.3 is 42.9 Å². The van der Waals surface area contributed by atoms with Crippen molar-refractivity contribution in [2.75, 3.05) is 25.4 Å². The van der Waals surface area contributed by atoms with Crippen molar-refractivity contribution in [3.05, 3.63) is 0 Å². The van der Waals surface area contributed by atoms with Crippen molar-refractivity contribution in [1.29, 1.82) is 0 Å². The highest BCUT2D eigenvalue weighted by Crippen LogP contribution is 2.06. The van der Waals surface area contributed by atoms with Crippen molar-refractivity contribution in [2.24, 2.45) is 17.4 Å². The summed E-state index contributed by atoms with van der Waals surface area (Å²) in [4.78, 5) is 60.6. The van der Waals surface area contributed by atoms with Crippen LogP contribution in [0, 0.1) is 5.92 Å². The Morgan fingerprint density at radius 3 is 1.85 bits per heavy atom. The molecule has 13 nitrogen and oxygen atoms in total. The van der Waals surface area contributed by atoms with E-state index in [0.29, 0.717) is 19.4 Å². The minimum absolute atomic E-state index is 0.151. The average Bonchev–Trinajstić information content (AvgIpc) is 2.77. The van der Waals surface area contributed by atoms with Crippen LogP contribution in [0.1, 0.15) is 33.1 Å². The molecule has 4 unspecified atom stereocenters. The van der Waals surface area contributed by atoms with Gasteiger partial charge in [-0.15, -0.1) is 0 Å². The van der Waals surface area contributed by atoms with Crippen LogP contribution in [0.2, 0.25) is 0 Å². The highest BCUT2D eigenvalue weighted by Gasteiger charge is 2.31. The molecule has 0 aliphatic heterocycles. The van der Waals surface area contributed by atoms with Crippen LogP contribution in [0.3, 0.4) is 0 Å². The molecule has 0 rings (SSSR count).